The van der Waals surface area contributed by atoms with E-state index in [0.717, 1.165) is 46.3 Å². The molecule has 3 heterocycles. The minimum absolute atomic E-state index is 0.520. The van der Waals surface area contributed by atoms with Gasteiger partial charge in [0.25, 0.3) is 0 Å². The molecule has 0 aliphatic carbocycles. The summed E-state index contributed by atoms with van der Waals surface area (Å²) in [7, 11) is 0. The molecule has 0 saturated carbocycles. The van der Waals surface area contributed by atoms with Gasteiger partial charge in [-0.15, -0.1) is 0 Å². The number of rotatable bonds is 6. The van der Waals surface area contributed by atoms with Crippen LogP contribution in [0.2, 0.25) is 5.02 Å². The summed E-state index contributed by atoms with van der Waals surface area (Å²) >= 11 is 6.21. The number of aromatic nitrogens is 5. The Morgan fingerprint density at radius 1 is 1.03 bits per heavy atom. The van der Waals surface area contributed by atoms with E-state index in [1.165, 1.54) is 5.56 Å². The van der Waals surface area contributed by atoms with Gasteiger partial charge in [0.2, 0.25) is 5.95 Å². The molecule has 8 heteroatoms. The van der Waals surface area contributed by atoms with E-state index in [9.17, 15) is 0 Å². The number of benzene rings is 2. The van der Waals surface area contributed by atoms with Gasteiger partial charge in [0, 0.05) is 40.4 Å². The molecule has 0 bridgehead atoms. The lowest BCUT2D eigenvalue weighted by atomic mass is 10.2. The monoisotopic (exact) mass is 403 g/mol. The molecule has 0 spiro atoms. The van der Waals surface area contributed by atoms with Gasteiger partial charge < -0.3 is 15.6 Å². The molecule has 0 saturated heterocycles. The first-order chi connectivity index (χ1) is 14.2. The van der Waals surface area contributed by atoms with Crippen LogP contribution in [0.3, 0.4) is 0 Å². The van der Waals surface area contributed by atoms with Gasteiger partial charge in [-0.25, -0.2) is 4.98 Å². The van der Waals surface area contributed by atoms with E-state index < -0.39 is 0 Å². The molecular weight excluding hydrogens is 386 g/mol. The van der Waals surface area contributed by atoms with E-state index in [1.54, 1.807) is 6.20 Å². The van der Waals surface area contributed by atoms with E-state index >= 15 is 0 Å². The quantitative estimate of drug-likeness (QED) is 0.324. The van der Waals surface area contributed by atoms with Crippen molar-refractivity contribution in [2.75, 3.05) is 17.2 Å². The van der Waals surface area contributed by atoms with Crippen molar-refractivity contribution in [2.45, 2.75) is 6.42 Å². The van der Waals surface area contributed by atoms with Crippen molar-refractivity contribution in [1.82, 2.24) is 25.1 Å². The van der Waals surface area contributed by atoms with Gasteiger partial charge in [0.05, 0.1) is 17.2 Å². The molecule has 0 atom stereocenters. The highest BCUT2D eigenvalue weighted by atomic mass is 35.5. The Morgan fingerprint density at radius 3 is 2.90 bits per heavy atom. The van der Waals surface area contributed by atoms with E-state index in [1.807, 2.05) is 48.8 Å². The van der Waals surface area contributed by atoms with Gasteiger partial charge >= 0.3 is 0 Å². The number of fused-ring (bicyclic) bond motifs is 2. The molecule has 4 N–H and O–H groups in total. The summed E-state index contributed by atoms with van der Waals surface area (Å²) < 4.78 is 0. The lowest BCUT2D eigenvalue weighted by Gasteiger charge is -2.12. The first-order valence-corrected chi connectivity index (χ1v) is 9.65. The Hall–Kier alpha value is -3.58. The highest BCUT2D eigenvalue weighted by Gasteiger charge is 2.09. The predicted octanol–water partition coefficient (Wildman–Crippen LogP) is 4.89. The van der Waals surface area contributed by atoms with Crippen molar-refractivity contribution in [2.24, 2.45) is 0 Å². The summed E-state index contributed by atoms with van der Waals surface area (Å²) in [6.45, 7) is 0.747. The summed E-state index contributed by atoms with van der Waals surface area (Å²) in [5.74, 6) is 1.27. The van der Waals surface area contributed by atoms with Crippen LogP contribution in [0.4, 0.5) is 17.5 Å². The summed E-state index contributed by atoms with van der Waals surface area (Å²) in [5, 5.41) is 16.3. The van der Waals surface area contributed by atoms with Crippen molar-refractivity contribution >= 4 is 50.9 Å². The highest BCUT2D eigenvalue weighted by Crippen LogP contribution is 2.27. The van der Waals surface area contributed by atoms with Crippen LogP contribution in [0, 0.1) is 0 Å². The zero-order valence-corrected chi connectivity index (χ0v) is 16.2. The fourth-order valence-electron chi connectivity index (χ4n) is 3.28. The summed E-state index contributed by atoms with van der Waals surface area (Å²) in [5.41, 5.74) is 3.93. The molecule has 29 heavy (non-hydrogen) atoms. The Labute approximate surface area is 171 Å². The highest BCUT2D eigenvalue weighted by molar-refractivity contribution is 6.31. The molecule has 0 aliphatic rings. The van der Waals surface area contributed by atoms with Crippen molar-refractivity contribution in [3.05, 3.63) is 71.6 Å². The molecular formula is C21H18ClN7. The first kappa shape index (κ1) is 17.5. The molecule has 2 aromatic carbocycles. The average molecular weight is 404 g/mol. The second-order valence-electron chi connectivity index (χ2n) is 6.75. The van der Waals surface area contributed by atoms with E-state index in [2.05, 4.69) is 36.9 Å². The predicted molar refractivity (Wildman–Crippen MR) is 117 cm³/mol. The maximum atomic E-state index is 6.21. The smallest absolute Gasteiger partial charge is 0.229 e. The number of aromatic amines is 2. The van der Waals surface area contributed by atoms with Gasteiger partial charge in [-0.05, 0) is 54.4 Å². The zero-order valence-electron chi connectivity index (χ0n) is 15.4. The second kappa shape index (κ2) is 7.44. The maximum absolute atomic E-state index is 6.21. The summed E-state index contributed by atoms with van der Waals surface area (Å²) in [6.07, 6.45) is 6.59. The Balaban J connectivity index is 1.45. The zero-order chi connectivity index (χ0) is 19.6. The molecule has 0 radical (unpaired) electrons. The third-order valence-corrected chi connectivity index (χ3v) is 4.96. The van der Waals surface area contributed by atoms with Crippen LogP contribution in [-0.4, -0.2) is 31.7 Å². The minimum Gasteiger partial charge on any atom is -0.369 e. The Morgan fingerprint density at radius 2 is 2.00 bits per heavy atom. The van der Waals surface area contributed by atoms with Crippen molar-refractivity contribution in [1.29, 1.82) is 0 Å². The van der Waals surface area contributed by atoms with Crippen molar-refractivity contribution in [3.63, 3.8) is 0 Å². The summed E-state index contributed by atoms with van der Waals surface area (Å²) in [6, 6.07) is 13.6. The van der Waals surface area contributed by atoms with E-state index in [0.29, 0.717) is 11.0 Å². The van der Waals surface area contributed by atoms with Crippen LogP contribution < -0.4 is 10.6 Å². The Bertz CT molecular complexity index is 1280. The first-order valence-electron chi connectivity index (χ1n) is 9.28. The topological polar surface area (TPSA) is 94.3 Å². The SMILES string of the molecule is Clc1ccc2nc(Nc3ccc4[nH]ncc4c3)nc(NCCc3cc[nH]c3)c2c1. The molecule has 3 aromatic heterocycles. The third kappa shape index (κ3) is 3.72. The van der Waals surface area contributed by atoms with Crippen LogP contribution in [0.1, 0.15) is 5.56 Å². The fraction of sp³-hybridized carbons (Fsp3) is 0.0952. The molecule has 144 valence electrons. The lowest BCUT2D eigenvalue weighted by Crippen LogP contribution is -2.08. The van der Waals surface area contributed by atoms with E-state index in [-0.39, 0.29) is 0 Å². The number of nitrogens with zero attached hydrogens (tertiary/aromatic N) is 3. The maximum Gasteiger partial charge on any atom is 0.229 e. The number of hydrogen-bond donors (Lipinski definition) is 4. The normalized spacial score (nSPS) is 11.2. The standard InChI is InChI=1S/C21H18ClN7/c22-15-1-3-19-17(10-15)20(24-8-6-13-5-7-23-11-13)28-21(27-19)26-16-2-4-18-14(9-16)12-25-29-18/h1-5,7,9-12,23H,6,8H2,(H,25,29)(H2,24,26,27,28). The Kier molecular flexibility index (Phi) is 4.50. The second-order valence-corrected chi connectivity index (χ2v) is 7.19. The average Bonchev–Trinajstić information content (AvgIpc) is 3.40. The van der Waals surface area contributed by atoms with Gasteiger partial charge in [0.1, 0.15) is 5.82 Å². The van der Waals surface area contributed by atoms with E-state index in [4.69, 9.17) is 16.6 Å². The van der Waals surface area contributed by atoms with Crippen LogP contribution in [0.25, 0.3) is 21.8 Å². The number of hydrogen-bond acceptors (Lipinski definition) is 5. The van der Waals surface area contributed by atoms with Gasteiger partial charge in [-0.3, -0.25) is 5.10 Å². The van der Waals surface area contributed by atoms with Crippen molar-refractivity contribution < 1.29 is 0 Å². The number of halogens is 1. The third-order valence-electron chi connectivity index (χ3n) is 4.72. The van der Waals surface area contributed by atoms with Crippen LogP contribution in [0.15, 0.2) is 61.1 Å². The molecule has 5 aromatic rings. The largest absolute Gasteiger partial charge is 0.369 e. The number of H-pyrrole nitrogens is 2. The van der Waals surface area contributed by atoms with Gasteiger partial charge in [-0.2, -0.15) is 10.1 Å². The lowest BCUT2D eigenvalue weighted by molar-refractivity contribution is 1.01. The van der Waals surface area contributed by atoms with Gasteiger partial charge in [0.15, 0.2) is 0 Å². The molecule has 0 amide bonds. The number of nitrogens with one attached hydrogen (secondary N) is 4. The molecule has 5 rings (SSSR count). The van der Waals surface area contributed by atoms with Crippen LogP contribution >= 0.6 is 11.6 Å². The molecule has 7 nitrogen and oxygen atoms in total. The van der Waals surface area contributed by atoms with Crippen LogP contribution in [0.5, 0.6) is 0 Å². The van der Waals surface area contributed by atoms with Crippen LogP contribution in [-0.2, 0) is 6.42 Å². The molecule has 0 unspecified atom stereocenters. The summed E-state index contributed by atoms with van der Waals surface area (Å²) in [4.78, 5) is 12.4. The minimum atomic E-state index is 0.520. The molecule has 0 fully saturated rings. The van der Waals surface area contributed by atoms with Gasteiger partial charge in [-0.1, -0.05) is 11.6 Å². The molecule has 0 aliphatic heterocycles. The number of anilines is 3. The fourth-order valence-corrected chi connectivity index (χ4v) is 3.45. The van der Waals surface area contributed by atoms with Crippen molar-refractivity contribution in [3.8, 4) is 0 Å².